The summed E-state index contributed by atoms with van der Waals surface area (Å²) < 4.78 is 18.0. The Morgan fingerprint density at radius 3 is 2.42 bits per heavy atom. The molecule has 344 valence electrons. The Kier molecular flexibility index (Phi) is 12.1. The van der Waals surface area contributed by atoms with Crippen LogP contribution >= 0.6 is 23.2 Å². The summed E-state index contributed by atoms with van der Waals surface area (Å²) in [6.45, 7) is 4.85. The quantitative estimate of drug-likeness (QED) is 0.142. The molecule has 0 bridgehead atoms. The van der Waals surface area contributed by atoms with E-state index in [4.69, 9.17) is 37.7 Å². The van der Waals surface area contributed by atoms with Gasteiger partial charge in [0.1, 0.15) is 30.2 Å². The number of amides is 4. The predicted molar refractivity (Wildman–Crippen MR) is 250 cm³/mol. The minimum Gasteiger partial charge on any atom is -0.480 e. The van der Waals surface area contributed by atoms with Gasteiger partial charge in [-0.3, -0.25) is 43.3 Å². The van der Waals surface area contributed by atoms with Crippen molar-refractivity contribution in [3.8, 4) is 29.1 Å². The van der Waals surface area contributed by atoms with Crippen molar-refractivity contribution in [3.63, 3.8) is 0 Å². The van der Waals surface area contributed by atoms with Crippen molar-refractivity contribution in [1.82, 2.24) is 38.5 Å². The van der Waals surface area contributed by atoms with Crippen LogP contribution in [0.5, 0.6) is 5.88 Å². The molecule has 6 aromatic rings. The van der Waals surface area contributed by atoms with E-state index in [0.717, 1.165) is 0 Å². The Labute approximate surface area is 393 Å². The van der Waals surface area contributed by atoms with Gasteiger partial charge >= 0.3 is 5.69 Å². The highest BCUT2D eigenvalue weighted by Crippen LogP contribution is 2.45. The molecule has 2 saturated heterocycles. The maximum absolute atomic E-state index is 14.6. The summed E-state index contributed by atoms with van der Waals surface area (Å²) in [5, 5.41) is 3.10. The first kappa shape index (κ1) is 45.2. The molecule has 0 radical (unpaired) electrons. The summed E-state index contributed by atoms with van der Waals surface area (Å²) in [7, 11) is 4.67. The van der Waals surface area contributed by atoms with Gasteiger partial charge < -0.3 is 23.5 Å². The largest absolute Gasteiger partial charge is 0.480 e. The zero-order valence-electron chi connectivity index (χ0n) is 37.2. The lowest BCUT2D eigenvalue weighted by Crippen LogP contribution is -2.44. The van der Waals surface area contributed by atoms with Gasteiger partial charge in [-0.2, -0.15) is 0 Å². The summed E-state index contributed by atoms with van der Waals surface area (Å²) in [6, 6.07) is 13.7. The second-order valence-corrected chi connectivity index (χ2v) is 17.8. The number of benzene rings is 2. The number of imidazole rings is 2. The van der Waals surface area contributed by atoms with Crippen molar-refractivity contribution in [3.05, 3.63) is 126 Å². The van der Waals surface area contributed by atoms with Crippen molar-refractivity contribution in [2.75, 3.05) is 31.7 Å². The Morgan fingerprint density at radius 2 is 1.72 bits per heavy atom. The lowest BCUT2D eigenvalue weighted by molar-refractivity contribution is -0.135. The fourth-order valence-corrected chi connectivity index (χ4v) is 9.69. The number of para-hydroxylation sites is 1. The topological polar surface area (TPSA) is 185 Å². The molecule has 2 atom stereocenters. The number of piperidine rings is 2. The van der Waals surface area contributed by atoms with E-state index in [1.807, 2.05) is 18.4 Å². The molecule has 2 aromatic carbocycles. The third kappa shape index (κ3) is 8.08. The molecule has 7 heterocycles. The number of fused-ring (bicyclic) bond motifs is 2. The Hall–Kier alpha value is -7.00. The van der Waals surface area contributed by atoms with Crippen LogP contribution in [0, 0.1) is 11.8 Å². The average molecular weight is 947 g/mol. The fraction of sp³-hybridized carbons (Fsp3) is 0.333. The lowest BCUT2D eigenvalue weighted by Gasteiger charge is -2.31. The first-order chi connectivity index (χ1) is 32.2. The summed E-state index contributed by atoms with van der Waals surface area (Å²) in [4.78, 5) is 92.6. The number of nitrogens with one attached hydrogen (secondary N) is 1. The van der Waals surface area contributed by atoms with Crippen LogP contribution in [0.25, 0.3) is 22.4 Å². The van der Waals surface area contributed by atoms with Gasteiger partial charge in [-0.05, 0) is 75.1 Å². The van der Waals surface area contributed by atoms with E-state index in [2.05, 4.69) is 22.1 Å². The molecular formula is C48H45Cl2N9O8. The van der Waals surface area contributed by atoms with Crippen molar-refractivity contribution in [2.24, 2.45) is 14.1 Å². The molecule has 3 aliphatic rings. The minimum absolute atomic E-state index is 0.0900. The standard InChI is InChI=1S/C48H45Cl2N9O8/c1-26(2)57-41-38(47(64)59(36-23-31(50)25-54(3)46(36)63)40(41)28-11-13-30(49)14-12-28)53-42(57)33-22-29(24-51-44(33)66-5)45(62)56-19-17-32(18-20-56)67-21-7-9-27-8-6-10-34-39(27)55(4)48(65)58(34)35-15-16-37(60)52-43(35)61/h6,8,10-14,22-26,32,35,40H,15-21H2,1-5H3,(H,52,60,61)/t35?,40-/m0/s1. The molecular weight excluding hydrogens is 901 g/mol. The van der Waals surface area contributed by atoms with Crippen molar-refractivity contribution >= 4 is 63.6 Å². The third-order valence-corrected chi connectivity index (χ3v) is 12.9. The van der Waals surface area contributed by atoms with Crippen LogP contribution in [0.3, 0.4) is 0 Å². The number of carbonyl (C=O) groups excluding carboxylic acids is 4. The highest BCUT2D eigenvalue weighted by molar-refractivity contribution is 6.31. The van der Waals surface area contributed by atoms with E-state index in [9.17, 15) is 28.8 Å². The number of nitrogens with zero attached hydrogens (tertiary/aromatic N) is 8. The van der Waals surface area contributed by atoms with E-state index in [0.29, 0.717) is 75.8 Å². The molecule has 4 amide bonds. The molecule has 4 aromatic heterocycles. The smallest absolute Gasteiger partial charge is 0.329 e. The Balaban J connectivity index is 0.933. The number of halogens is 2. The number of likely N-dealkylation sites (tertiary alicyclic amines) is 1. The molecule has 9 rings (SSSR count). The second-order valence-electron chi connectivity index (χ2n) is 17.0. The van der Waals surface area contributed by atoms with E-state index in [1.165, 1.54) is 44.2 Å². The number of aromatic nitrogens is 6. The van der Waals surface area contributed by atoms with Crippen LogP contribution < -0.4 is 26.2 Å². The maximum atomic E-state index is 14.6. The van der Waals surface area contributed by atoms with Gasteiger partial charge in [0.15, 0.2) is 5.69 Å². The van der Waals surface area contributed by atoms with Gasteiger partial charge in [0.25, 0.3) is 17.4 Å². The van der Waals surface area contributed by atoms with Crippen LogP contribution in [-0.4, -0.2) is 89.7 Å². The highest BCUT2D eigenvalue weighted by Gasteiger charge is 2.46. The number of ether oxygens (including phenoxy) is 2. The number of hydrogen-bond donors (Lipinski definition) is 1. The SMILES string of the molecule is COc1ncc(C(=O)N2CCC(OCC#Cc3cccc4c3n(C)c(=O)n4C3CCC(=O)NC3=O)CC2)cc1-c1nc2c(n1C(C)C)[C@H](c1ccc(Cl)cc1)N(c1cc(Cl)cn(C)c1=O)C2=O. The predicted octanol–water partition coefficient (Wildman–Crippen LogP) is 5.59. The number of pyridine rings is 2. The van der Waals surface area contributed by atoms with Crippen LogP contribution in [0.2, 0.25) is 10.0 Å². The van der Waals surface area contributed by atoms with Gasteiger partial charge in [-0.15, -0.1) is 0 Å². The van der Waals surface area contributed by atoms with E-state index in [1.54, 1.807) is 67.5 Å². The van der Waals surface area contributed by atoms with Gasteiger partial charge in [-0.1, -0.05) is 53.2 Å². The number of imide groups is 1. The molecule has 1 N–H and O–H groups in total. The van der Waals surface area contributed by atoms with Gasteiger partial charge in [0.05, 0.1) is 51.7 Å². The number of hydrogen-bond acceptors (Lipinski definition) is 10. The lowest BCUT2D eigenvalue weighted by atomic mass is 10.0. The van der Waals surface area contributed by atoms with Crippen LogP contribution in [0.15, 0.2) is 76.6 Å². The van der Waals surface area contributed by atoms with Crippen molar-refractivity contribution in [2.45, 2.75) is 63.8 Å². The summed E-state index contributed by atoms with van der Waals surface area (Å²) in [5.41, 5.74) is 3.09. The number of methoxy groups -OCH3 is 1. The average Bonchev–Trinajstić information content (AvgIpc) is 3.92. The molecule has 0 spiro atoms. The maximum Gasteiger partial charge on any atom is 0.329 e. The Morgan fingerprint density at radius 1 is 0.970 bits per heavy atom. The van der Waals surface area contributed by atoms with E-state index >= 15 is 0 Å². The van der Waals surface area contributed by atoms with Gasteiger partial charge in [0.2, 0.25) is 17.7 Å². The molecule has 2 fully saturated rings. The molecule has 0 aliphatic carbocycles. The summed E-state index contributed by atoms with van der Waals surface area (Å²) >= 11 is 12.7. The van der Waals surface area contributed by atoms with Crippen LogP contribution in [0.4, 0.5) is 5.69 Å². The molecule has 0 saturated carbocycles. The molecule has 3 aliphatic heterocycles. The van der Waals surface area contributed by atoms with Gasteiger partial charge in [0, 0.05) is 57.1 Å². The Bertz CT molecular complexity index is 3210. The number of carbonyl (C=O) groups is 4. The molecule has 19 heteroatoms. The fourth-order valence-electron chi connectivity index (χ4n) is 9.32. The first-order valence-corrected chi connectivity index (χ1v) is 22.5. The zero-order chi connectivity index (χ0) is 47.4. The van der Waals surface area contributed by atoms with E-state index < -0.39 is 29.5 Å². The summed E-state index contributed by atoms with van der Waals surface area (Å²) in [6.07, 6.45) is 4.29. The van der Waals surface area contributed by atoms with Crippen LogP contribution in [0.1, 0.15) is 95.3 Å². The second kappa shape index (κ2) is 18.0. The normalized spacial score (nSPS) is 17.5. The number of anilines is 1. The highest BCUT2D eigenvalue weighted by atomic mass is 35.5. The molecule has 1 unspecified atom stereocenters. The number of aryl methyl sites for hydroxylation is 2. The first-order valence-electron chi connectivity index (χ1n) is 21.7. The third-order valence-electron chi connectivity index (χ3n) is 12.5. The molecule has 67 heavy (non-hydrogen) atoms. The monoisotopic (exact) mass is 945 g/mol. The van der Waals surface area contributed by atoms with Crippen molar-refractivity contribution in [1.29, 1.82) is 0 Å². The zero-order valence-corrected chi connectivity index (χ0v) is 38.7. The summed E-state index contributed by atoms with van der Waals surface area (Å²) in [5.74, 6) is 5.15. The van der Waals surface area contributed by atoms with E-state index in [-0.39, 0.29) is 71.4 Å². The van der Waals surface area contributed by atoms with Crippen molar-refractivity contribution < 1.29 is 28.7 Å². The number of rotatable bonds is 9. The van der Waals surface area contributed by atoms with Crippen LogP contribution in [-0.2, 0) is 28.4 Å². The minimum atomic E-state index is -0.800. The van der Waals surface area contributed by atoms with Gasteiger partial charge in [-0.25, -0.2) is 14.8 Å². The molecule has 17 nitrogen and oxygen atoms in total.